The Morgan fingerprint density at radius 2 is 2.12 bits per heavy atom. The molecule has 8 heteroatoms. The Morgan fingerprint density at radius 3 is 2.81 bits per heavy atom. The summed E-state index contributed by atoms with van der Waals surface area (Å²) in [4.78, 5) is 20.0. The first-order chi connectivity index (χ1) is 15.5. The van der Waals surface area contributed by atoms with Crippen molar-refractivity contribution in [1.29, 1.82) is 0 Å². The second kappa shape index (κ2) is 11.5. The Labute approximate surface area is 193 Å². The van der Waals surface area contributed by atoms with E-state index in [1.54, 1.807) is 25.1 Å². The summed E-state index contributed by atoms with van der Waals surface area (Å²) in [6.45, 7) is 9.43. The highest BCUT2D eigenvalue weighted by molar-refractivity contribution is 7.96. The van der Waals surface area contributed by atoms with E-state index in [2.05, 4.69) is 44.9 Å². The van der Waals surface area contributed by atoms with Crippen molar-refractivity contribution in [2.24, 2.45) is 11.7 Å². The average molecular weight is 452 g/mol. The van der Waals surface area contributed by atoms with Crippen LogP contribution >= 0.6 is 11.9 Å². The van der Waals surface area contributed by atoms with Crippen LogP contribution in [0.3, 0.4) is 0 Å². The molecule has 2 heterocycles. The fourth-order valence-electron chi connectivity index (χ4n) is 3.44. The van der Waals surface area contributed by atoms with E-state index in [0.29, 0.717) is 17.3 Å². The third kappa shape index (κ3) is 6.45. The SMILES string of the molecule is C=C/C=C(\C(=C)OC)c1cc(Nc2cccc(CSN3CCC(C(N)=O)CC3)c2)ncn1. The predicted octanol–water partition coefficient (Wildman–Crippen LogP) is 4.30. The molecule has 1 amide bonds. The zero-order valence-corrected chi connectivity index (χ0v) is 19.1. The molecule has 1 saturated heterocycles. The number of nitrogens with zero attached hydrogens (tertiary/aromatic N) is 3. The zero-order chi connectivity index (χ0) is 22.9. The quantitative estimate of drug-likeness (QED) is 0.316. The number of piperidine rings is 1. The van der Waals surface area contributed by atoms with Gasteiger partial charge >= 0.3 is 0 Å². The molecule has 1 fully saturated rings. The molecule has 7 nitrogen and oxygen atoms in total. The Kier molecular flexibility index (Phi) is 8.47. The van der Waals surface area contributed by atoms with Crippen LogP contribution in [0.15, 0.2) is 67.7 Å². The molecule has 0 bridgehead atoms. The van der Waals surface area contributed by atoms with Crippen molar-refractivity contribution in [1.82, 2.24) is 14.3 Å². The Balaban J connectivity index is 1.63. The van der Waals surface area contributed by atoms with Gasteiger partial charge in [0.25, 0.3) is 0 Å². The normalized spacial score (nSPS) is 15.2. The number of carbonyl (C=O) groups is 1. The standard InChI is InChI=1S/C24H29N5O2S/c1-4-6-21(17(2)31-3)22-14-23(27-16-26-22)28-20-8-5-7-18(13-20)15-32-29-11-9-19(10-12-29)24(25)30/h4-8,13-14,16,19H,1-2,9-12,15H2,3H3,(H2,25,30)(H,26,27,28)/b21-6+. The molecule has 0 aliphatic carbocycles. The minimum atomic E-state index is -0.181. The van der Waals surface area contributed by atoms with Crippen LogP contribution in [0.1, 0.15) is 24.1 Å². The number of nitrogens with two attached hydrogens (primary N) is 1. The number of hydrogen-bond acceptors (Lipinski definition) is 7. The van der Waals surface area contributed by atoms with E-state index in [0.717, 1.165) is 42.9 Å². The van der Waals surface area contributed by atoms with Gasteiger partial charge in [0, 0.05) is 42.1 Å². The van der Waals surface area contributed by atoms with Gasteiger partial charge in [0.05, 0.1) is 12.8 Å². The number of rotatable bonds is 10. The van der Waals surface area contributed by atoms with Crippen molar-refractivity contribution >= 4 is 34.9 Å². The Bertz CT molecular complexity index is 999. The van der Waals surface area contributed by atoms with E-state index < -0.39 is 0 Å². The second-order valence-electron chi connectivity index (χ2n) is 7.44. The van der Waals surface area contributed by atoms with Gasteiger partial charge in [0.1, 0.15) is 17.9 Å². The van der Waals surface area contributed by atoms with Crippen LogP contribution in [0.4, 0.5) is 11.5 Å². The number of aromatic nitrogens is 2. The van der Waals surface area contributed by atoms with Crippen molar-refractivity contribution in [2.45, 2.75) is 18.6 Å². The van der Waals surface area contributed by atoms with Gasteiger partial charge in [-0.3, -0.25) is 9.10 Å². The van der Waals surface area contributed by atoms with Crippen molar-refractivity contribution < 1.29 is 9.53 Å². The third-order valence-electron chi connectivity index (χ3n) is 5.24. The minimum absolute atomic E-state index is 0.0139. The van der Waals surface area contributed by atoms with Gasteiger partial charge in [-0.05, 0) is 36.6 Å². The molecule has 168 valence electrons. The summed E-state index contributed by atoms with van der Waals surface area (Å²) in [5, 5.41) is 3.35. The van der Waals surface area contributed by atoms with Crippen molar-refractivity contribution in [2.75, 3.05) is 25.5 Å². The molecule has 0 unspecified atom stereocenters. The number of nitrogens with one attached hydrogen (secondary N) is 1. The number of carbonyl (C=O) groups excluding carboxylic acids is 1. The van der Waals surface area contributed by atoms with Crippen molar-refractivity contribution in [3.8, 4) is 0 Å². The predicted molar refractivity (Wildman–Crippen MR) is 131 cm³/mol. The number of benzene rings is 1. The van der Waals surface area contributed by atoms with E-state index in [-0.39, 0.29) is 11.8 Å². The molecule has 3 N–H and O–H groups in total. The lowest BCUT2D eigenvalue weighted by molar-refractivity contribution is -0.122. The van der Waals surface area contributed by atoms with Gasteiger partial charge in [-0.25, -0.2) is 9.97 Å². The van der Waals surface area contributed by atoms with Gasteiger partial charge in [-0.1, -0.05) is 43.3 Å². The van der Waals surface area contributed by atoms with Crippen LogP contribution in [0.25, 0.3) is 5.57 Å². The summed E-state index contributed by atoms with van der Waals surface area (Å²) in [6, 6.07) is 10.1. The molecule has 0 atom stereocenters. The van der Waals surface area contributed by atoms with Crippen LogP contribution in [0, 0.1) is 5.92 Å². The fourth-order valence-corrected chi connectivity index (χ4v) is 4.42. The molecule has 3 rings (SSSR count). The molecule has 2 aromatic rings. The second-order valence-corrected chi connectivity index (χ2v) is 8.50. The van der Waals surface area contributed by atoms with Crippen LogP contribution < -0.4 is 11.1 Å². The van der Waals surface area contributed by atoms with Crippen LogP contribution in [0.5, 0.6) is 0 Å². The first-order valence-electron chi connectivity index (χ1n) is 10.4. The smallest absolute Gasteiger partial charge is 0.220 e. The van der Waals surface area contributed by atoms with E-state index in [9.17, 15) is 4.79 Å². The largest absolute Gasteiger partial charge is 0.497 e. The highest BCUT2D eigenvalue weighted by Gasteiger charge is 2.23. The maximum atomic E-state index is 11.3. The Hall–Kier alpha value is -3.10. The average Bonchev–Trinajstić information content (AvgIpc) is 2.81. The lowest BCUT2D eigenvalue weighted by Crippen LogP contribution is -2.35. The van der Waals surface area contributed by atoms with Crippen molar-refractivity contribution in [3.63, 3.8) is 0 Å². The maximum absolute atomic E-state index is 11.3. The highest BCUT2D eigenvalue weighted by atomic mass is 32.2. The maximum Gasteiger partial charge on any atom is 0.220 e. The third-order valence-corrected chi connectivity index (χ3v) is 6.44. The number of anilines is 2. The molecular weight excluding hydrogens is 422 g/mol. The van der Waals surface area contributed by atoms with E-state index in [1.165, 1.54) is 11.9 Å². The number of amides is 1. The number of hydrogen-bond donors (Lipinski definition) is 2. The minimum Gasteiger partial charge on any atom is -0.497 e. The number of allylic oxidation sites excluding steroid dienone is 3. The van der Waals surface area contributed by atoms with E-state index >= 15 is 0 Å². The topological polar surface area (TPSA) is 93.4 Å². The zero-order valence-electron chi connectivity index (χ0n) is 18.3. The van der Waals surface area contributed by atoms with Crippen LogP contribution in [-0.4, -0.2) is 40.4 Å². The van der Waals surface area contributed by atoms with Gasteiger partial charge < -0.3 is 15.8 Å². The van der Waals surface area contributed by atoms with Gasteiger partial charge in [0.2, 0.25) is 5.91 Å². The van der Waals surface area contributed by atoms with E-state index in [1.807, 2.05) is 24.3 Å². The number of ether oxygens (including phenoxy) is 1. The summed E-state index contributed by atoms with van der Waals surface area (Å²) < 4.78 is 7.58. The summed E-state index contributed by atoms with van der Waals surface area (Å²) in [5.41, 5.74) is 9.01. The Morgan fingerprint density at radius 1 is 1.34 bits per heavy atom. The monoisotopic (exact) mass is 451 g/mol. The summed E-state index contributed by atoms with van der Waals surface area (Å²) in [7, 11) is 1.57. The lowest BCUT2D eigenvalue weighted by atomic mass is 9.98. The summed E-state index contributed by atoms with van der Waals surface area (Å²) >= 11 is 1.78. The number of methoxy groups -OCH3 is 1. The first kappa shape index (κ1) is 23.6. The van der Waals surface area contributed by atoms with Crippen LogP contribution in [0.2, 0.25) is 0 Å². The van der Waals surface area contributed by atoms with Crippen molar-refractivity contribution in [3.05, 3.63) is 79.0 Å². The molecule has 32 heavy (non-hydrogen) atoms. The molecule has 1 aliphatic heterocycles. The molecule has 1 aromatic carbocycles. The van der Waals surface area contributed by atoms with Crippen LogP contribution in [-0.2, 0) is 15.3 Å². The first-order valence-corrected chi connectivity index (χ1v) is 11.4. The van der Waals surface area contributed by atoms with Gasteiger partial charge in [-0.15, -0.1) is 0 Å². The molecule has 1 aliphatic rings. The summed E-state index contributed by atoms with van der Waals surface area (Å²) in [5.74, 6) is 1.87. The lowest BCUT2D eigenvalue weighted by Gasteiger charge is -2.29. The summed E-state index contributed by atoms with van der Waals surface area (Å²) in [6.07, 6.45) is 6.65. The molecule has 1 aromatic heterocycles. The molecular formula is C24H29N5O2S. The molecule has 0 radical (unpaired) electrons. The highest BCUT2D eigenvalue weighted by Crippen LogP contribution is 2.27. The van der Waals surface area contributed by atoms with Gasteiger partial charge in [-0.2, -0.15) is 0 Å². The fraction of sp³-hybridized carbons (Fsp3) is 0.292. The molecule has 0 saturated carbocycles. The van der Waals surface area contributed by atoms with E-state index in [4.69, 9.17) is 10.5 Å². The van der Waals surface area contributed by atoms with Gasteiger partial charge in [0.15, 0.2) is 0 Å². The number of primary amides is 1. The molecule has 0 spiro atoms.